The SMILES string of the molecule is C[Si](C)(C)[CH-]c1ccccc1.[Li+]. The van der Waals surface area contributed by atoms with Gasteiger partial charge in [0.05, 0.1) is 0 Å². The van der Waals surface area contributed by atoms with Crippen molar-refractivity contribution in [3.8, 4) is 0 Å². The van der Waals surface area contributed by atoms with E-state index in [4.69, 9.17) is 0 Å². The predicted molar refractivity (Wildman–Crippen MR) is 53.2 cm³/mol. The number of rotatable bonds is 2. The first-order chi connectivity index (χ1) is 5.08. The molecule has 0 aliphatic rings. The Morgan fingerprint density at radius 2 is 1.50 bits per heavy atom. The fraction of sp³-hybridized carbons (Fsp3) is 0.300. The summed E-state index contributed by atoms with van der Waals surface area (Å²) in [4.78, 5) is 0. The Labute approximate surface area is 88.6 Å². The molecule has 0 unspecified atom stereocenters. The van der Waals surface area contributed by atoms with E-state index < -0.39 is 8.07 Å². The molecule has 0 bridgehead atoms. The summed E-state index contributed by atoms with van der Waals surface area (Å²) in [5.41, 5.74) is 1.37. The molecule has 0 N–H and O–H groups in total. The van der Waals surface area contributed by atoms with Crippen molar-refractivity contribution in [1.29, 1.82) is 0 Å². The van der Waals surface area contributed by atoms with Crippen LogP contribution in [0, 0.1) is 6.04 Å². The zero-order valence-corrected chi connectivity index (χ0v) is 9.46. The molecule has 0 radical (unpaired) electrons. The van der Waals surface area contributed by atoms with Gasteiger partial charge in [-0.2, -0.15) is 23.7 Å². The fourth-order valence-corrected chi connectivity index (χ4v) is 2.24. The summed E-state index contributed by atoms with van der Waals surface area (Å²) in [6.45, 7) is 7.04. The van der Waals surface area contributed by atoms with Crippen molar-refractivity contribution in [3.05, 3.63) is 41.9 Å². The molecule has 0 atom stereocenters. The first-order valence-corrected chi connectivity index (χ1v) is 7.57. The summed E-state index contributed by atoms with van der Waals surface area (Å²) >= 11 is 0. The predicted octanol–water partition coefficient (Wildman–Crippen LogP) is 0.120. The quantitative estimate of drug-likeness (QED) is 0.437. The molecule has 2 heteroatoms. The van der Waals surface area contributed by atoms with Crippen LogP contribution in [0.1, 0.15) is 5.56 Å². The summed E-state index contributed by atoms with van der Waals surface area (Å²) in [5.74, 6) is 0. The van der Waals surface area contributed by atoms with Crippen LogP contribution in [0.2, 0.25) is 19.6 Å². The van der Waals surface area contributed by atoms with E-state index in [0.717, 1.165) is 0 Å². The standard InChI is InChI=1S/C10H15Si.Li/c1-11(2,3)9-10-7-5-4-6-8-10;/h4-9H,1-3H3;/q-1;+1. The van der Waals surface area contributed by atoms with Crippen molar-refractivity contribution in [2.75, 3.05) is 0 Å². The van der Waals surface area contributed by atoms with Gasteiger partial charge in [-0.3, -0.25) is 0 Å². The van der Waals surface area contributed by atoms with Gasteiger partial charge in [-0.1, -0.05) is 25.7 Å². The minimum Gasteiger partial charge on any atom is -0.194 e. The second-order valence-electron chi connectivity index (χ2n) is 3.92. The van der Waals surface area contributed by atoms with Crippen LogP contribution in [-0.2, 0) is 0 Å². The van der Waals surface area contributed by atoms with E-state index in [2.05, 4.69) is 56.0 Å². The molecule has 0 spiro atoms. The first kappa shape index (κ1) is 11.9. The normalized spacial score (nSPS) is 10.2. The van der Waals surface area contributed by atoms with Gasteiger partial charge in [0.15, 0.2) is 0 Å². The van der Waals surface area contributed by atoms with E-state index in [1.807, 2.05) is 0 Å². The van der Waals surface area contributed by atoms with Gasteiger partial charge in [-0.15, -0.1) is 12.1 Å². The van der Waals surface area contributed by atoms with Crippen molar-refractivity contribution in [2.24, 2.45) is 0 Å². The smallest absolute Gasteiger partial charge is 0.194 e. The Morgan fingerprint density at radius 3 is 1.92 bits per heavy atom. The fourth-order valence-electron chi connectivity index (χ4n) is 1.05. The molecule has 0 aliphatic carbocycles. The molecule has 0 saturated carbocycles. The maximum Gasteiger partial charge on any atom is 1.00 e. The summed E-state index contributed by atoms with van der Waals surface area (Å²) in [6, 6.07) is 13.0. The van der Waals surface area contributed by atoms with E-state index in [9.17, 15) is 0 Å². The second-order valence-corrected chi connectivity index (χ2v) is 8.94. The molecule has 1 aromatic rings. The van der Waals surface area contributed by atoms with Crippen LogP contribution in [-0.4, -0.2) is 8.07 Å². The van der Waals surface area contributed by atoms with Crippen molar-refractivity contribution in [3.63, 3.8) is 0 Å². The number of hydrogen-bond donors (Lipinski definition) is 0. The average Bonchev–Trinajstić information content (AvgIpc) is 1.85. The Morgan fingerprint density at radius 1 is 1.00 bits per heavy atom. The molecule has 60 valence electrons. The molecule has 1 rings (SSSR count). The van der Waals surface area contributed by atoms with Crippen LogP contribution in [0.15, 0.2) is 30.3 Å². The molecule has 0 fully saturated rings. The maximum absolute atomic E-state index is 2.41. The topological polar surface area (TPSA) is 0 Å². The van der Waals surface area contributed by atoms with Gasteiger partial charge in [0.25, 0.3) is 0 Å². The summed E-state index contributed by atoms with van der Waals surface area (Å²) in [7, 11) is -1.02. The third-order valence-electron chi connectivity index (χ3n) is 1.40. The van der Waals surface area contributed by atoms with E-state index in [1.165, 1.54) is 5.56 Å². The molecule has 0 aliphatic heterocycles. The van der Waals surface area contributed by atoms with Crippen molar-refractivity contribution in [1.82, 2.24) is 0 Å². The van der Waals surface area contributed by atoms with E-state index in [0.29, 0.717) is 0 Å². The molecule has 0 saturated heterocycles. The largest absolute Gasteiger partial charge is 1.00 e. The number of hydrogen-bond acceptors (Lipinski definition) is 0. The molecular formula is C10H15LiSi. The Bertz CT molecular complexity index is 213. The van der Waals surface area contributed by atoms with Gasteiger partial charge in [0.2, 0.25) is 0 Å². The number of benzene rings is 1. The average molecular weight is 170 g/mol. The zero-order chi connectivity index (χ0) is 8.32. The monoisotopic (exact) mass is 170 g/mol. The Hall–Kier alpha value is -0.0957. The van der Waals surface area contributed by atoms with Crippen LogP contribution >= 0.6 is 0 Å². The first-order valence-electron chi connectivity index (χ1n) is 3.99. The molecule has 12 heavy (non-hydrogen) atoms. The minimum atomic E-state index is -1.02. The van der Waals surface area contributed by atoms with E-state index in [-0.39, 0.29) is 18.9 Å². The van der Waals surface area contributed by atoms with Gasteiger partial charge in [-0.05, 0) is 0 Å². The third kappa shape index (κ3) is 4.72. The van der Waals surface area contributed by atoms with Gasteiger partial charge in [-0.25, -0.2) is 0 Å². The van der Waals surface area contributed by atoms with Gasteiger partial charge in [0, 0.05) is 8.07 Å². The van der Waals surface area contributed by atoms with Crippen molar-refractivity contribution in [2.45, 2.75) is 19.6 Å². The summed E-state index contributed by atoms with van der Waals surface area (Å²) < 4.78 is 0. The van der Waals surface area contributed by atoms with Crippen LogP contribution < -0.4 is 18.9 Å². The van der Waals surface area contributed by atoms with Gasteiger partial charge >= 0.3 is 18.9 Å². The Balaban J connectivity index is 0.00000121. The van der Waals surface area contributed by atoms with Crippen molar-refractivity contribution >= 4 is 8.07 Å². The minimum absolute atomic E-state index is 0. The zero-order valence-electron chi connectivity index (χ0n) is 8.46. The summed E-state index contributed by atoms with van der Waals surface area (Å²) in [5, 5.41) is 0. The van der Waals surface area contributed by atoms with E-state index >= 15 is 0 Å². The second kappa shape index (κ2) is 4.82. The summed E-state index contributed by atoms with van der Waals surface area (Å²) in [6.07, 6.45) is 0. The van der Waals surface area contributed by atoms with Crippen LogP contribution in [0.4, 0.5) is 0 Å². The third-order valence-corrected chi connectivity index (χ3v) is 2.60. The molecular weight excluding hydrogens is 155 g/mol. The molecule has 0 nitrogen and oxygen atoms in total. The van der Waals surface area contributed by atoms with Crippen molar-refractivity contribution < 1.29 is 18.9 Å². The van der Waals surface area contributed by atoms with Crippen LogP contribution in [0.5, 0.6) is 0 Å². The molecule has 0 aromatic heterocycles. The molecule has 1 aromatic carbocycles. The molecule has 0 amide bonds. The van der Waals surface area contributed by atoms with Gasteiger partial charge < -0.3 is 0 Å². The van der Waals surface area contributed by atoms with Gasteiger partial charge in [0.1, 0.15) is 0 Å². The van der Waals surface area contributed by atoms with Crippen LogP contribution in [0.3, 0.4) is 0 Å². The Kier molecular flexibility index (Phi) is 4.78. The molecule has 0 heterocycles. The van der Waals surface area contributed by atoms with Crippen LogP contribution in [0.25, 0.3) is 0 Å². The maximum atomic E-state index is 2.41. The van der Waals surface area contributed by atoms with E-state index in [1.54, 1.807) is 0 Å².